The van der Waals surface area contributed by atoms with Gasteiger partial charge in [-0.2, -0.15) is 0 Å². The molecule has 0 amide bonds. The summed E-state index contributed by atoms with van der Waals surface area (Å²) in [5.41, 5.74) is 1.90. The fourth-order valence-corrected chi connectivity index (χ4v) is 4.81. The van der Waals surface area contributed by atoms with Crippen LogP contribution in [0.15, 0.2) is 83.8 Å². The van der Waals surface area contributed by atoms with Gasteiger partial charge in [-0.3, -0.25) is 0 Å². The van der Waals surface area contributed by atoms with Crippen LogP contribution >= 0.6 is 35.1 Å². The molecule has 0 spiro atoms. The van der Waals surface area contributed by atoms with E-state index in [9.17, 15) is 0 Å². The number of thiophene rings is 2. The van der Waals surface area contributed by atoms with Gasteiger partial charge in [0.1, 0.15) is 23.6 Å². The first-order chi connectivity index (χ1) is 13.9. The summed E-state index contributed by atoms with van der Waals surface area (Å²) in [7, 11) is 0. The number of nitrogens with zero attached hydrogens (tertiary/aromatic N) is 2. The van der Waals surface area contributed by atoms with Crippen LogP contribution in [0.25, 0.3) is 20.7 Å². The summed E-state index contributed by atoms with van der Waals surface area (Å²) < 4.78 is 5.86. The maximum Gasteiger partial charge on any atom is 0.143 e. The van der Waals surface area contributed by atoms with E-state index in [1.54, 1.807) is 29.0 Å². The molecule has 0 bridgehead atoms. The quantitative estimate of drug-likeness (QED) is 0.311. The van der Waals surface area contributed by atoms with E-state index < -0.39 is 0 Å². The number of ether oxygens (including phenoxy) is 1. The van der Waals surface area contributed by atoms with Crippen molar-refractivity contribution in [3.05, 3.63) is 83.8 Å². The molecule has 29 heavy (non-hydrogen) atoms. The van der Waals surface area contributed by atoms with Crippen LogP contribution in [-0.4, -0.2) is 9.97 Å². The number of nitrogens with one attached hydrogen (secondary N) is 1. The summed E-state index contributed by atoms with van der Waals surface area (Å²) in [5, 5.41) is 8.65. The maximum atomic E-state index is 5.86. The van der Waals surface area contributed by atoms with Gasteiger partial charge in [0, 0.05) is 15.9 Å². The molecule has 5 rings (SSSR count). The van der Waals surface area contributed by atoms with E-state index in [1.807, 2.05) is 54.6 Å². The van der Waals surface area contributed by atoms with Gasteiger partial charge in [-0.05, 0) is 47.8 Å². The van der Waals surface area contributed by atoms with Gasteiger partial charge >= 0.3 is 0 Å². The number of halogens is 1. The summed E-state index contributed by atoms with van der Waals surface area (Å²) >= 11 is 3.42. The Kier molecular flexibility index (Phi) is 5.76. The lowest BCUT2D eigenvalue weighted by molar-refractivity contribution is 0.483. The number of hydrogen-bond donors (Lipinski definition) is 1. The first-order valence-corrected chi connectivity index (χ1v) is 10.5. The highest BCUT2D eigenvalue weighted by Gasteiger charge is 2.14. The van der Waals surface area contributed by atoms with Gasteiger partial charge in [-0.25, -0.2) is 9.97 Å². The third kappa shape index (κ3) is 4.10. The van der Waals surface area contributed by atoms with Crippen LogP contribution < -0.4 is 10.1 Å². The van der Waals surface area contributed by atoms with Crippen LogP contribution in [0.5, 0.6) is 11.5 Å². The zero-order chi connectivity index (χ0) is 18.8. The van der Waals surface area contributed by atoms with Gasteiger partial charge in [-0.1, -0.05) is 24.3 Å². The summed E-state index contributed by atoms with van der Waals surface area (Å²) in [4.78, 5) is 11.3. The molecule has 4 nitrogen and oxygen atoms in total. The average molecular weight is 438 g/mol. The van der Waals surface area contributed by atoms with Gasteiger partial charge in [0.2, 0.25) is 0 Å². The van der Waals surface area contributed by atoms with Crippen molar-refractivity contribution in [1.29, 1.82) is 0 Å². The number of benzene rings is 2. The zero-order valence-electron chi connectivity index (χ0n) is 15.1. The van der Waals surface area contributed by atoms with Crippen LogP contribution in [0.1, 0.15) is 0 Å². The summed E-state index contributed by atoms with van der Waals surface area (Å²) in [6.45, 7) is 0. The minimum atomic E-state index is 0. The molecule has 0 atom stereocenters. The molecule has 5 aromatic rings. The van der Waals surface area contributed by atoms with Crippen molar-refractivity contribution >= 4 is 57.5 Å². The SMILES string of the molecule is Cl.c1ccc(Oc2ccc(Nc3ncnc4csc(-c5cccs5)c34)cc2)cc1. The standard InChI is InChI=1S/C22H15N3OS2.ClH/c1-2-5-16(6-3-1)26-17-10-8-15(9-11-17)25-22-20-18(23-14-24-22)13-28-21(20)19-7-4-12-27-19;/h1-14H,(H,23,24,25);1H. The predicted octanol–water partition coefficient (Wildman–Crippen LogP) is 7.38. The van der Waals surface area contributed by atoms with Gasteiger partial charge in [0.15, 0.2) is 0 Å². The molecule has 1 N–H and O–H groups in total. The van der Waals surface area contributed by atoms with E-state index in [4.69, 9.17) is 4.74 Å². The van der Waals surface area contributed by atoms with E-state index in [0.717, 1.165) is 33.9 Å². The lowest BCUT2D eigenvalue weighted by atomic mass is 10.2. The first-order valence-electron chi connectivity index (χ1n) is 8.73. The lowest BCUT2D eigenvalue weighted by Gasteiger charge is -2.09. The second kappa shape index (κ2) is 8.61. The molecule has 0 aliphatic rings. The van der Waals surface area contributed by atoms with E-state index in [-0.39, 0.29) is 12.4 Å². The van der Waals surface area contributed by atoms with Crippen molar-refractivity contribution in [3.8, 4) is 21.3 Å². The van der Waals surface area contributed by atoms with Crippen molar-refractivity contribution in [2.45, 2.75) is 0 Å². The number of anilines is 2. The molecule has 0 aliphatic carbocycles. The van der Waals surface area contributed by atoms with Crippen molar-refractivity contribution in [3.63, 3.8) is 0 Å². The van der Waals surface area contributed by atoms with Crippen LogP contribution in [0, 0.1) is 0 Å². The van der Waals surface area contributed by atoms with Crippen LogP contribution in [0.2, 0.25) is 0 Å². The Morgan fingerprint density at radius 3 is 2.34 bits per heavy atom. The summed E-state index contributed by atoms with van der Waals surface area (Å²) in [6, 6.07) is 21.8. The van der Waals surface area contributed by atoms with Crippen molar-refractivity contribution in [2.75, 3.05) is 5.32 Å². The minimum Gasteiger partial charge on any atom is -0.457 e. The predicted molar refractivity (Wildman–Crippen MR) is 124 cm³/mol. The van der Waals surface area contributed by atoms with E-state index in [1.165, 1.54) is 9.75 Å². The highest BCUT2D eigenvalue weighted by Crippen LogP contribution is 2.40. The Balaban J connectivity index is 0.00000205. The Morgan fingerprint density at radius 1 is 0.793 bits per heavy atom. The Labute approximate surface area is 182 Å². The van der Waals surface area contributed by atoms with Crippen molar-refractivity contribution in [1.82, 2.24) is 9.97 Å². The monoisotopic (exact) mass is 437 g/mol. The van der Waals surface area contributed by atoms with Crippen LogP contribution in [0.4, 0.5) is 11.5 Å². The minimum absolute atomic E-state index is 0. The number of rotatable bonds is 5. The molecule has 0 fully saturated rings. The van der Waals surface area contributed by atoms with E-state index in [2.05, 4.69) is 38.2 Å². The van der Waals surface area contributed by atoms with Gasteiger partial charge in [0.25, 0.3) is 0 Å². The molecule has 0 saturated heterocycles. The van der Waals surface area contributed by atoms with Crippen LogP contribution in [0.3, 0.4) is 0 Å². The number of fused-ring (bicyclic) bond motifs is 1. The molecule has 144 valence electrons. The highest BCUT2D eigenvalue weighted by atomic mass is 35.5. The van der Waals surface area contributed by atoms with Gasteiger partial charge < -0.3 is 10.1 Å². The molecule has 3 aromatic heterocycles. The molecule has 0 unspecified atom stereocenters. The van der Waals surface area contributed by atoms with E-state index in [0.29, 0.717) is 0 Å². The molecule has 3 heterocycles. The van der Waals surface area contributed by atoms with Crippen molar-refractivity contribution < 1.29 is 4.74 Å². The third-order valence-corrected chi connectivity index (χ3v) is 6.25. The highest BCUT2D eigenvalue weighted by molar-refractivity contribution is 7.21. The second-order valence-electron chi connectivity index (χ2n) is 6.09. The molecule has 0 radical (unpaired) electrons. The number of aromatic nitrogens is 2. The van der Waals surface area contributed by atoms with Crippen LogP contribution in [-0.2, 0) is 0 Å². The largest absolute Gasteiger partial charge is 0.457 e. The summed E-state index contributed by atoms with van der Waals surface area (Å²) in [5.74, 6) is 2.42. The summed E-state index contributed by atoms with van der Waals surface area (Å²) in [6.07, 6.45) is 1.60. The van der Waals surface area contributed by atoms with Gasteiger partial charge in [-0.15, -0.1) is 35.1 Å². The first kappa shape index (κ1) is 19.4. The molecular formula is C22H16ClN3OS2. The number of para-hydroxylation sites is 1. The third-order valence-electron chi connectivity index (χ3n) is 4.23. The lowest BCUT2D eigenvalue weighted by Crippen LogP contribution is -1.95. The Hall–Kier alpha value is -2.93. The molecule has 0 saturated carbocycles. The van der Waals surface area contributed by atoms with Crippen molar-refractivity contribution in [2.24, 2.45) is 0 Å². The molecule has 7 heteroatoms. The average Bonchev–Trinajstić information content (AvgIpc) is 3.40. The fraction of sp³-hybridized carbons (Fsp3) is 0. The molecule has 2 aromatic carbocycles. The zero-order valence-corrected chi connectivity index (χ0v) is 17.6. The Morgan fingerprint density at radius 2 is 1.59 bits per heavy atom. The Bertz CT molecular complexity index is 1210. The molecule has 0 aliphatic heterocycles. The second-order valence-corrected chi connectivity index (χ2v) is 7.92. The smallest absolute Gasteiger partial charge is 0.143 e. The maximum absolute atomic E-state index is 5.86. The fourth-order valence-electron chi connectivity index (χ4n) is 2.94. The van der Waals surface area contributed by atoms with E-state index >= 15 is 0 Å². The normalized spacial score (nSPS) is 10.5. The topological polar surface area (TPSA) is 47.0 Å². The number of hydrogen-bond acceptors (Lipinski definition) is 6. The van der Waals surface area contributed by atoms with Gasteiger partial charge in [0.05, 0.1) is 15.8 Å². The molecular weight excluding hydrogens is 422 g/mol.